The summed E-state index contributed by atoms with van der Waals surface area (Å²) >= 11 is 0. The van der Waals surface area contributed by atoms with Crippen molar-refractivity contribution in [2.24, 2.45) is 11.3 Å². The van der Waals surface area contributed by atoms with Crippen LogP contribution in [0.4, 0.5) is 0 Å². The minimum absolute atomic E-state index is 0.0697. The van der Waals surface area contributed by atoms with Crippen LogP contribution in [0, 0.1) is 22.8 Å². The molecule has 0 aliphatic rings. The first-order valence-electron chi connectivity index (χ1n) is 6.83. The van der Waals surface area contributed by atoms with Gasteiger partial charge in [0, 0.05) is 5.92 Å². The van der Waals surface area contributed by atoms with Crippen molar-refractivity contribution in [1.29, 1.82) is 0 Å². The Morgan fingerprint density at radius 1 is 1.12 bits per heavy atom. The molecule has 0 atom stereocenters. The van der Waals surface area contributed by atoms with Gasteiger partial charge < -0.3 is 0 Å². The molecule has 0 amide bonds. The third kappa shape index (κ3) is 4.31. The van der Waals surface area contributed by atoms with Gasteiger partial charge in [0.05, 0.1) is 5.41 Å². The lowest BCUT2D eigenvalue weighted by atomic mass is 9.83. The van der Waals surface area contributed by atoms with Crippen molar-refractivity contribution < 1.29 is 4.79 Å². The average Bonchev–Trinajstić information content (AvgIpc) is 2.30. The van der Waals surface area contributed by atoms with Crippen molar-refractivity contribution in [1.82, 2.24) is 0 Å². The maximum absolute atomic E-state index is 12.1. The highest BCUT2D eigenvalue weighted by Gasteiger charge is 2.29. The maximum Gasteiger partial charge on any atom is 0.152 e. The largest absolute Gasteiger partial charge is 0.298 e. The summed E-state index contributed by atoms with van der Waals surface area (Å²) in [6, 6.07) is 3.58. The predicted molar refractivity (Wildman–Crippen MR) is 78.6 cm³/mol. The fourth-order valence-corrected chi connectivity index (χ4v) is 4.70. The van der Waals surface area contributed by atoms with Crippen molar-refractivity contribution in [2.45, 2.75) is 66.6 Å². The lowest BCUT2D eigenvalue weighted by Gasteiger charge is -2.23. The van der Waals surface area contributed by atoms with Crippen LogP contribution in [0.15, 0.2) is 0 Å². The van der Waals surface area contributed by atoms with E-state index in [1.54, 1.807) is 0 Å². The highest BCUT2D eigenvalue weighted by Crippen LogP contribution is 2.23. The number of Topliss-reactive ketones (excluding diaryl/α,β-unsaturated/α-hetero) is 1. The predicted octanol–water partition coefficient (Wildman–Crippen LogP) is 4.29. The number of hydrogen-bond acceptors (Lipinski definition) is 1. The summed E-state index contributed by atoms with van der Waals surface area (Å²) in [4.78, 5) is 12.1. The summed E-state index contributed by atoms with van der Waals surface area (Å²) in [6.45, 7) is 14.6. The Hall–Kier alpha value is -0.553. The van der Waals surface area contributed by atoms with Gasteiger partial charge in [-0.05, 0) is 32.0 Å². The Balaban J connectivity index is 5.11. The molecule has 0 aliphatic heterocycles. The van der Waals surface area contributed by atoms with Gasteiger partial charge in [-0.1, -0.05) is 40.5 Å². The molecule has 0 bridgehead atoms. The summed E-state index contributed by atoms with van der Waals surface area (Å²) < 4.78 is 0. The molecule has 17 heavy (non-hydrogen) atoms. The third-order valence-electron chi connectivity index (χ3n) is 3.81. The van der Waals surface area contributed by atoms with E-state index in [9.17, 15) is 4.79 Å². The fourth-order valence-electron chi connectivity index (χ4n) is 2.09. The van der Waals surface area contributed by atoms with E-state index in [2.05, 4.69) is 32.2 Å². The molecule has 98 valence electrons. The van der Waals surface area contributed by atoms with Crippen LogP contribution in [0.3, 0.4) is 0 Å². The maximum atomic E-state index is 12.1. The van der Waals surface area contributed by atoms with E-state index in [0.717, 1.165) is 0 Å². The smallest absolute Gasteiger partial charge is 0.152 e. The van der Waals surface area contributed by atoms with Crippen molar-refractivity contribution in [3.8, 4) is 11.5 Å². The van der Waals surface area contributed by atoms with Gasteiger partial charge in [-0.25, -0.2) is 0 Å². The minimum Gasteiger partial charge on any atom is -0.298 e. The topological polar surface area (TPSA) is 17.1 Å². The molecule has 0 fully saturated rings. The molecule has 0 saturated carbocycles. The van der Waals surface area contributed by atoms with Crippen LogP contribution >= 0.6 is 0 Å². The van der Waals surface area contributed by atoms with Crippen LogP contribution in [-0.2, 0) is 4.79 Å². The fraction of sp³-hybridized carbons (Fsp3) is 0.800. The van der Waals surface area contributed by atoms with E-state index in [-0.39, 0.29) is 11.7 Å². The van der Waals surface area contributed by atoms with Crippen molar-refractivity contribution in [3.63, 3.8) is 0 Å². The van der Waals surface area contributed by atoms with Crippen LogP contribution in [-0.4, -0.2) is 13.9 Å². The van der Waals surface area contributed by atoms with E-state index in [1.165, 1.54) is 18.1 Å². The second-order valence-electron chi connectivity index (χ2n) is 5.73. The van der Waals surface area contributed by atoms with E-state index in [1.807, 2.05) is 27.7 Å². The molecule has 0 aliphatic carbocycles. The normalized spacial score (nSPS) is 12.2. The number of hydrogen-bond donors (Lipinski definition) is 0. The SMILES string of the molecule is CC[Si](C#CC(C)(C)C(=O)C(C)C)(CC)CC. The second-order valence-corrected chi connectivity index (χ2v) is 10.7. The van der Waals surface area contributed by atoms with E-state index in [0.29, 0.717) is 0 Å². The zero-order valence-corrected chi connectivity index (χ0v) is 13.6. The number of carbonyl (C=O) groups excluding carboxylic acids is 1. The van der Waals surface area contributed by atoms with Gasteiger partial charge in [0.25, 0.3) is 0 Å². The Kier molecular flexibility index (Phi) is 6.19. The lowest BCUT2D eigenvalue weighted by molar-refractivity contribution is -0.127. The van der Waals surface area contributed by atoms with Crippen LogP contribution < -0.4 is 0 Å². The Morgan fingerprint density at radius 2 is 1.53 bits per heavy atom. The number of ketones is 1. The molecule has 0 N–H and O–H groups in total. The van der Waals surface area contributed by atoms with Gasteiger partial charge in [0.2, 0.25) is 0 Å². The zero-order chi connectivity index (χ0) is 13.7. The van der Waals surface area contributed by atoms with E-state index < -0.39 is 13.5 Å². The van der Waals surface area contributed by atoms with Crippen LogP contribution in [0.25, 0.3) is 0 Å². The van der Waals surface area contributed by atoms with Crippen LogP contribution in [0.5, 0.6) is 0 Å². The first-order chi connectivity index (χ1) is 7.74. The molecule has 2 heteroatoms. The summed E-state index contributed by atoms with van der Waals surface area (Å²) in [5.41, 5.74) is 3.05. The summed E-state index contributed by atoms with van der Waals surface area (Å²) in [7, 11) is -1.42. The highest BCUT2D eigenvalue weighted by atomic mass is 28.3. The second kappa shape index (κ2) is 6.40. The van der Waals surface area contributed by atoms with Gasteiger partial charge in [-0.2, -0.15) is 0 Å². The van der Waals surface area contributed by atoms with Gasteiger partial charge in [-0.15, -0.1) is 5.54 Å². The summed E-state index contributed by atoms with van der Waals surface area (Å²) in [5.74, 6) is 3.63. The minimum atomic E-state index is -1.42. The quantitative estimate of drug-likeness (QED) is 0.527. The standard InChI is InChI=1S/C15H28OSi/c1-8-17(9-2,10-3)12-11-15(6,7)14(16)13(4)5/h13H,8-10H2,1-7H3. The van der Waals surface area contributed by atoms with Crippen LogP contribution in [0.2, 0.25) is 18.1 Å². The van der Waals surface area contributed by atoms with E-state index >= 15 is 0 Å². The molecule has 1 nitrogen and oxygen atoms in total. The Labute approximate surface area is 108 Å². The molecule has 0 aromatic heterocycles. The van der Waals surface area contributed by atoms with Crippen LogP contribution in [0.1, 0.15) is 48.5 Å². The van der Waals surface area contributed by atoms with E-state index in [4.69, 9.17) is 0 Å². The summed E-state index contributed by atoms with van der Waals surface area (Å²) in [6.07, 6.45) is 0. The first-order valence-corrected chi connectivity index (χ1v) is 9.45. The zero-order valence-electron chi connectivity index (χ0n) is 12.6. The number of rotatable bonds is 5. The number of carbonyl (C=O) groups is 1. The molecule has 0 saturated heterocycles. The van der Waals surface area contributed by atoms with Crippen molar-refractivity contribution >= 4 is 13.9 Å². The Bertz CT molecular complexity index is 305. The summed E-state index contributed by atoms with van der Waals surface area (Å²) in [5, 5.41) is 0. The van der Waals surface area contributed by atoms with Gasteiger partial charge in [0.15, 0.2) is 5.78 Å². The highest BCUT2D eigenvalue weighted by molar-refractivity contribution is 6.87. The third-order valence-corrected chi connectivity index (χ3v) is 8.53. The molecular formula is C15H28OSi. The molecule has 0 heterocycles. The molecule has 0 radical (unpaired) electrons. The lowest BCUT2D eigenvalue weighted by Crippen LogP contribution is -2.32. The molecular weight excluding hydrogens is 224 g/mol. The molecule has 0 aromatic rings. The molecule has 0 spiro atoms. The monoisotopic (exact) mass is 252 g/mol. The van der Waals surface area contributed by atoms with Gasteiger partial charge in [0.1, 0.15) is 8.07 Å². The van der Waals surface area contributed by atoms with Gasteiger partial charge in [-0.3, -0.25) is 4.79 Å². The average molecular weight is 252 g/mol. The van der Waals surface area contributed by atoms with Gasteiger partial charge >= 0.3 is 0 Å². The molecule has 0 rings (SSSR count). The molecule has 0 unspecified atom stereocenters. The first kappa shape index (κ1) is 16.4. The van der Waals surface area contributed by atoms with Crippen molar-refractivity contribution in [3.05, 3.63) is 0 Å². The van der Waals surface area contributed by atoms with Crippen molar-refractivity contribution in [2.75, 3.05) is 0 Å². The molecule has 0 aromatic carbocycles. The Morgan fingerprint density at radius 3 is 1.82 bits per heavy atom.